The molecule has 2 heterocycles. The number of halogens is 1. The van der Waals surface area contributed by atoms with E-state index in [1.165, 1.54) is 44.7 Å². The molecule has 6 nitrogen and oxygen atoms in total. The van der Waals surface area contributed by atoms with E-state index < -0.39 is 10.0 Å². The van der Waals surface area contributed by atoms with Gasteiger partial charge in [0.2, 0.25) is 0 Å². The van der Waals surface area contributed by atoms with Crippen LogP contribution >= 0.6 is 12.4 Å². The number of nitrogens with zero attached hydrogens (tertiary/aromatic N) is 2. The van der Waals surface area contributed by atoms with Gasteiger partial charge in [0.05, 0.1) is 6.20 Å². The molecule has 1 saturated carbocycles. The molecule has 0 radical (unpaired) electrons. The Morgan fingerprint density at radius 3 is 2.61 bits per heavy atom. The molecule has 1 aromatic heterocycles. The lowest BCUT2D eigenvalue weighted by molar-refractivity contribution is 0.461. The van der Waals surface area contributed by atoms with Crippen molar-refractivity contribution in [1.82, 2.24) is 19.6 Å². The number of aryl methyl sites for hydroxylation is 1. The summed E-state index contributed by atoms with van der Waals surface area (Å²) < 4.78 is 29.2. The summed E-state index contributed by atoms with van der Waals surface area (Å²) in [5, 5.41) is 3.80. The first-order valence-electron chi connectivity index (χ1n) is 8.44. The lowest BCUT2D eigenvalue weighted by Gasteiger charge is -2.16. The summed E-state index contributed by atoms with van der Waals surface area (Å²) >= 11 is 0. The van der Waals surface area contributed by atoms with Crippen molar-refractivity contribution in [1.29, 1.82) is 0 Å². The van der Waals surface area contributed by atoms with E-state index >= 15 is 0 Å². The second kappa shape index (κ2) is 8.46. The third-order valence-electron chi connectivity index (χ3n) is 4.66. The fourth-order valence-corrected chi connectivity index (χ4v) is 4.66. The van der Waals surface area contributed by atoms with Gasteiger partial charge >= 0.3 is 0 Å². The molecule has 2 N–H and O–H groups in total. The minimum atomic E-state index is -3.44. The number of hydrogen-bond acceptors (Lipinski definition) is 4. The molecule has 0 saturated heterocycles. The van der Waals surface area contributed by atoms with Crippen LogP contribution in [0.3, 0.4) is 0 Å². The average Bonchev–Trinajstić information content (AvgIpc) is 3.00. The Bertz CT molecular complexity index is 595. The molecule has 8 heteroatoms. The van der Waals surface area contributed by atoms with Crippen molar-refractivity contribution in [2.24, 2.45) is 0 Å². The number of aromatic nitrogens is 2. The molecule has 0 aromatic carbocycles. The quantitative estimate of drug-likeness (QED) is 0.598. The van der Waals surface area contributed by atoms with Crippen LogP contribution in [0.5, 0.6) is 0 Å². The summed E-state index contributed by atoms with van der Waals surface area (Å²) in [4.78, 5) is 4.20. The average molecular weight is 363 g/mol. The molecule has 1 aliphatic heterocycles. The van der Waals surface area contributed by atoms with Crippen LogP contribution in [0.2, 0.25) is 0 Å². The fraction of sp³-hybridized carbons (Fsp3) is 0.800. The lowest BCUT2D eigenvalue weighted by Crippen LogP contribution is -2.37. The molecule has 0 amide bonds. The van der Waals surface area contributed by atoms with Gasteiger partial charge < -0.3 is 9.88 Å². The van der Waals surface area contributed by atoms with Crippen LogP contribution in [0.25, 0.3) is 0 Å². The summed E-state index contributed by atoms with van der Waals surface area (Å²) in [6.07, 6.45) is 11.0. The van der Waals surface area contributed by atoms with Crippen molar-refractivity contribution in [2.75, 3.05) is 13.1 Å². The maximum atomic E-state index is 12.4. The summed E-state index contributed by atoms with van der Waals surface area (Å²) in [5.41, 5.74) is 0. The highest BCUT2D eigenvalue weighted by Gasteiger charge is 2.24. The predicted octanol–water partition coefficient (Wildman–Crippen LogP) is 1.84. The maximum Gasteiger partial charge on any atom is 0.257 e. The van der Waals surface area contributed by atoms with Crippen LogP contribution in [-0.4, -0.2) is 37.1 Å². The smallest absolute Gasteiger partial charge is 0.257 e. The minimum absolute atomic E-state index is 0. The molecule has 1 aromatic rings. The van der Waals surface area contributed by atoms with Crippen LogP contribution < -0.4 is 10.0 Å². The van der Waals surface area contributed by atoms with Crippen molar-refractivity contribution in [3.8, 4) is 0 Å². The van der Waals surface area contributed by atoms with Crippen LogP contribution in [0.1, 0.15) is 50.8 Å². The third kappa shape index (κ3) is 4.68. The van der Waals surface area contributed by atoms with Crippen molar-refractivity contribution in [3.05, 3.63) is 12.0 Å². The molecule has 0 spiro atoms. The first kappa shape index (κ1) is 18.7. The van der Waals surface area contributed by atoms with E-state index in [2.05, 4.69) is 15.0 Å². The van der Waals surface area contributed by atoms with Crippen LogP contribution in [0.4, 0.5) is 0 Å². The minimum Gasteiger partial charge on any atom is -0.318 e. The Hall–Kier alpha value is -0.630. The van der Waals surface area contributed by atoms with Crippen LogP contribution in [0.15, 0.2) is 11.2 Å². The van der Waals surface area contributed by atoms with Crippen LogP contribution in [0, 0.1) is 0 Å². The molecule has 0 atom stereocenters. The normalized spacial score (nSPS) is 19.1. The molecule has 3 rings (SSSR count). The number of hydrogen-bond donors (Lipinski definition) is 2. The van der Waals surface area contributed by atoms with E-state index in [9.17, 15) is 8.42 Å². The highest BCUT2D eigenvalue weighted by atomic mass is 35.5. The topological polar surface area (TPSA) is 76.0 Å². The van der Waals surface area contributed by atoms with Crippen molar-refractivity contribution in [3.63, 3.8) is 0 Å². The van der Waals surface area contributed by atoms with Gasteiger partial charge in [-0.25, -0.2) is 18.1 Å². The number of fused-ring (bicyclic) bond motifs is 1. The van der Waals surface area contributed by atoms with E-state index in [0.717, 1.165) is 25.2 Å². The molecule has 0 unspecified atom stereocenters. The molecule has 132 valence electrons. The fourth-order valence-electron chi connectivity index (χ4n) is 3.46. The zero-order valence-corrected chi connectivity index (χ0v) is 15.1. The van der Waals surface area contributed by atoms with Gasteiger partial charge in [-0.15, -0.1) is 12.4 Å². The zero-order chi connectivity index (χ0) is 15.4. The van der Waals surface area contributed by atoms with Gasteiger partial charge in [-0.3, -0.25) is 0 Å². The molecule has 1 fully saturated rings. The molecule has 1 aliphatic carbocycles. The van der Waals surface area contributed by atoms with Gasteiger partial charge in [0.15, 0.2) is 5.03 Å². The SMILES string of the molecule is Cl.O=S(=O)(NCCNC1CCCCCC1)c1cnc2n1CCC2. The van der Waals surface area contributed by atoms with E-state index in [-0.39, 0.29) is 12.4 Å². The van der Waals surface area contributed by atoms with Gasteiger partial charge in [0.25, 0.3) is 10.0 Å². The van der Waals surface area contributed by atoms with E-state index in [1.807, 2.05) is 4.57 Å². The molecule has 2 aliphatic rings. The summed E-state index contributed by atoms with van der Waals surface area (Å²) in [6.45, 7) is 1.87. The first-order chi connectivity index (χ1) is 10.7. The standard InChI is InChI=1S/C15H26N4O2S.ClH/c20-22(21,15-12-17-14-8-5-11-19(14)15)18-10-9-16-13-6-3-1-2-4-7-13;/h12-13,16,18H,1-11H2;1H. The lowest BCUT2D eigenvalue weighted by atomic mass is 10.1. The first-order valence-corrected chi connectivity index (χ1v) is 9.92. The highest BCUT2D eigenvalue weighted by molar-refractivity contribution is 7.89. The van der Waals surface area contributed by atoms with E-state index in [0.29, 0.717) is 24.2 Å². The van der Waals surface area contributed by atoms with Crippen LogP contribution in [-0.2, 0) is 23.0 Å². The van der Waals surface area contributed by atoms with Crippen molar-refractivity contribution in [2.45, 2.75) is 69.0 Å². The van der Waals surface area contributed by atoms with E-state index in [4.69, 9.17) is 0 Å². The molecular weight excluding hydrogens is 336 g/mol. The molecule has 0 bridgehead atoms. The maximum absolute atomic E-state index is 12.4. The Balaban J connectivity index is 0.00000192. The largest absolute Gasteiger partial charge is 0.318 e. The summed E-state index contributed by atoms with van der Waals surface area (Å²) in [6, 6.07) is 0.547. The Labute approximate surface area is 144 Å². The molecule has 23 heavy (non-hydrogen) atoms. The number of sulfonamides is 1. The van der Waals surface area contributed by atoms with Gasteiger partial charge in [-0.1, -0.05) is 25.7 Å². The Morgan fingerprint density at radius 2 is 1.87 bits per heavy atom. The van der Waals surface area contributed by atoms with E-state index in [1.54, 1.807) is 0 Å². The van der Waals surface area contributed by atoms with Gasteiger partial charge in [-0.2, -0.15) is 0 Å². The summed E-state index contributed by atoms with van der Waals surface area (Å²) in [5.74, 6) is 0.886. The number of imidazole rings is 1. The van der Waals surface area contributed by atoms with Gasteiger partial charge in [-0.05, 0) is 19.3 Å². The Morgan fingerprint density at radius 1 is 1.13 bits per heavy atom. The predicted molar refractivity (Wildman–Crippen MR) is 92.5 cm³/mol. The second-order valence-corrected chi connectivity index (χ2v) is 8.02. The second-order valence-electron chi connectivity index (χ2n) is 6.31. The highest BCUT2D eigenvalue weighted by Crippen LogP contribution is 2.19. The molecular formula is C15H27ClN4O2S. The Kier molecular flexibility index (Phi) is 6.88. The zero-order valence-electron chi connectivity index (χ0n) is 13.5. The van der Waals surface area contributed by atoms with Gasteiger partial charge in [0.1, 0.15) is 5.82 Å². The van der Waals surface area contributed by atoms with Crippen molar-refractivity contribution >= 4 is 22.4 Å². The van der Waals surface area contributed by atoms with Gasteiger partial charge in [0, 0.05) is 32.1 Å². The number of rotatable bonds is 6. The van der Waals surface area contributed by atoms with Crippen molar-refractivity contribution < 1.29 is 8.42 Å². The third-order valence-corrected chi connectivity index (χ3v) is 6.12. The summed E-state index contributed by atoms with van der Waals surface area (Å²) in [7, 11) is -3.44. The number of nitrogens with one attached hydrogen (secondary N) is 2. The monoisotopic (exact) mass is 362 g/mol.